The van der Waals surface area contributed by atoms with Gasteiger partial charge in [0.2, 0.25) is 5.91 Å². The molecule has 0 aromatic heterocycles. The lowest BCUT2D eigenvalue weighted by atomic mass is 10.1. The van der Waals surface area contributed by atoms with E-state index in [1.165, 1.54) is 6.07 Å². The van der Waals surface area contributed by atoms with Crippen molar-refractivity contribution in [3.8, 4) is 0 Å². The number of carbonyl (C=O) groups is 2. The van der Waals surface area contributed by atoms with Gasteiger partial charge in [0.15, 0.2) is 0 Å². The first kappa shape index (κ1) is 16.3. The zero-order chi connectivity index (χ0) is 15.8. The summed E-state index contributed by atoms with van der Waals surface area (Å²) in [5.41, 5.74) is 0.646. The van der Waals surface area contributed by atoms with Gasteiger partial charge in [0.05, 0.1) is 0 Å². The van der Waals surface area contributed by atoms with E-state index in [1.807, 2.05) is 0 Å². The summed E-state index contributed by atoms with van der Waals surface area (Å²) in [6.45, 7) is 1.11. The van der Waals surface area contributed by atoms with Gasteiger partial charge in [-0.05, 0) is 43.7 Å². The van der Waals surface area contributed by atoms with Gasteiger partial charge >= 0.3 is 6.03 Å². The highest BCUT2D eigenvalue weighted by atomic mass is 19.1. The van der Waals surface area contributed by atoms with Crippen molar-refractivity contribution in [2.24, 2.45) is 0 Å². The average molecular weight is 307 g/mol. The molecule has 1 aliphatic rings. The highest BCUT2D eigenvalue weighted by molar-refractivity contribution is 5.87. The molecule has 0 bridgehead atoms. The van der Waals surface area contributed by atoms with Crippen molar-refractivity contribution in [3.05, 3.63) is 35.6 Å². The van der Waals surface area contributed by atoms with Crippen molar-refractivity contribution in [3.63, 3.8) is 0 Å². The van der Waals surface area contributed by atoms with Crippen LogP contribution in [0.3, 0.4) is 0 Å². The SMILES string of the molecule is O=C(NCCCc1ccccc1F)N[C@H]1CCCCNC1=O. The molecule has 6 heteroatoms. The van der Waals surface area contributed by atoms with Crippen LogP contribution in [0.15, 0.2) is 24.3 Å². The van der Waals surface area contributed by atoms with Crippen molar-refractivity contribution in [2.75, 3.05) is 13.1 Å². The molecule has 1 atom stereocenters. The molecule has 1 heterocycles. The molecule has 3 N–H and O–H groups in total. The number of urea groups is 1. The second-order valence-electron chi connectivity index (χ2n) is 5.43. The fourth-order valence-corrected chi connectivity index (χ4v) is 2.47. The smallest absolute Gasteiger partial charge is 0.315 e. The lowest BCUT2D eigenvalue weighted by Crippen LogP contribution is -2.49. The van der Waals surface area contributed by atoms with E-state index in [0.29, 0.717) is 37.9 Å². The van der Waals surface area contributed by atoms with Crippen LogP contribution in [0.5, 0.6) is 0 Å². The van der Waals surface area contributed by atoms with Crippen LogP contribution < -0.4 is 16.0 Å². The zero-order valence-electron chi connectivity index (χ0n) is 12.5. The number of halogens is 1. The second kappa shape index (κ2) is 8.36. The molecule has 1 saturated heterocycles. The van der Waals surface area contributed by atoms with Crippen LogP contribution in [0.1, 0.15) is 31.2 Å². The van der Waals surface area contributed by atoms with Gasteiger partial charge in [-0.2, -0.15) is 0 Å². The minimum Gasteiger partial charge on any atom is -0.354 e. The summed E-state index contributed by atoms with van der Waals surface area (Å²) in [4.78, 5) is 23.5. The summed E-state index contributed by atoms with van der Waals surface area (Å²) in [6.07, 6.45) is 3.72. The van der Waals surface area contributed by atoms with E-state index in [9.17, 15) is 14.0 Å². The quantitative estimate of drug-likeness (QED) is 0.725. The summed E-state index contributed by atoms with van der Waals surface area (Å²) in [5, 5.41) is 8.16. The third-order valence-electron chi connectivity index (χ3n) is 3.71. The minimum atomic E-state index is -0.464. The van der Waals surface area contributed by atoms with Crippen LogP contribution in [0.4, 0.5) is 9.18 Å². The van der Waals surface area contributed by atoms with E-state index in [4.69, 9.17) is 0 Å². The number of amides is 3. The molecule has 1 aliphatic heterocycles. The molecule has 0 radical (unpaired) electrons. The molecule has 1 aromatic carbocycles. The van der Waals surface area contributed by atoms with E-state index in [2.05, 4.69) is 16.0 Å². The molecule has 0 spiro atoms. The van der Waals surface area contributed by atoms with Crippen molar-refractivity contribution in [1.82, 2.24) is 16.0 Å². The number of rotatable bonds is 5. The highest BCUT2D eigenvalue weighted by Gasteiger charge is 2.21. The molecule has 1 aromatic rings. The Morgan fingerprint density at radius 2 is 2.14 bits per heavy atom. The van der Waals surface area contributed by atoms with Crippen LogP contribution in [0.25, 0.3) is 0 Å². The van der Waals surface area contributed by atoms with Gasteiger partial charge in [0.25, 0.3) is 0 Å². The highest BCUT2D eigenvalue weighted by Crippen LogP contribution is 2.08. The molecule has 0 aliphatic carbocycles. The largest absolute Gasteiger partial charge is 0.354 e. The molecule has 0 unspecified atom stereocenters. The predicted molar refractivity (Wildman–Crippen MR) is 81.9 cm³/mol. The molecule has 1 fully saturated rings. The van der Waals surface area contributed by atoms with Crippen LogP contribution in [-0.4, -0.2) is 31.1 Å². The van der Waals surface area contributed by atoms with Crippen molar-refractivity contribution >= 4 is 11.9 Å². The zero-order valence-corrected chi connectivity index (χ0v) is 12.5. The van der Waals surface area contributed by atoms with Gasteiger partial charge in [-0.25, -0.2) is 9.18 Å². The monoisotopic (exact) mass is 307 g/mol. The summed E-state index contributed by atoms with van der Waals surface area (Å²) >= 11 is 0. The second-order valence-corrected chi connectivity index (χ2v) is 5.43. The number of aryl methyl sites for hydroxylation is 1. The standard InChI is InChI=1S/C16H22FN3O2/c17-13-8-2-1-6-12(13)7-5-11-19-16(22)20-14-9-3-4-10-18-15(14)21/h1-2,6,8,14H,3-5,7,9-11H2,(H,18,21)(H2,19,20,22)/t14-/m0/s1. The van der Waals surface area contributed by atoms with Gasteiger partial charge in [-0.15, -0.1) is 0 Å². The summed E-state index contributed by atoms with van der Waals surface area (Å²) in [5.74, 6) is -0.346. The number of nitrogens with one attached hydrogen (secondary N) is 3. The van der Waals surface area contributed by atoms with E-state index in [-0.39, 0.29) is 17.8 Å². The Kier molecular flexibility index (Phi) is 6.18. The van der Waals surface area contributed by atoms with Crippen LogP contribution in [-0.2, 0) is 11.2 Å². The van der Waals surface area contributed by atoms with E-state index < -0.39 is 6.04 Å². The maximum Gasteiger partial charge on any atom is 0.315 e. The first-order valence-corrected chi connectivity index (χ1v) is 7.72. The molecule has 120 valence electrons. The Hall–Kier alpha value is -2.11. The van der Waals surface area contributed by atoms with Crippen LogP contribution >= 0.6 is 0 Å². The van der Waals surface area contributed by atoms with E-state index in [0.717, 1.165) is 12.8 Å². The maximum absolute atomic E-state index is 13.4. The third kappa shape index (κ3) is 5.02. The first-order chi connectivity index (χ1) is 10.7. The van der Waals surface area contributed by atoms with Crippen LogP contribution in [0, 0.1) is 5.82 Å². The van der Waals surface area contributed by atoms with Crippen molar-refractivity contribution in [2.45, 2.75) is 38.1 Å². The Morgan fingerprint density at radius 3 is 2.95 bits per heavy atom. The number of hydrogen-bond acceptors (Lipinski definition) is 2. The van der Waals surface area contributed by atoms with Gasteiger partial charge in [0, 0.05) is 13.1 Å². The van der Waals surface area contributed by atoms with Gasteiger partial charge < -0.3 is 16.0 Å². The van der Waals surface area contributed by atoms with E-state index >= 15 is 0 Å². The normalized spacial score (nSPS) is 18.2. The van der Waals surface area contributed by atoms with Crippen molar-refractivity contribution < 1.29 is 14.0 Å². The fraction of sp³-hybridized carbons (Fsp3) is 0.500. The fourth-order valence-electron chi connectivity index (χ4n) is 2.47. The minimum absolute atomic E-state index is 0.126. The lowest BCUT2D eigenvalue weighted by Gasteiger charge is -2.15. The predicted octanol–water partition coefficient (Wildman–Crippen LogP) is 1.73. The Labute approximate surface area is 129 Å². The molecule has 22 heavy (non-hydrogen) atoms. The Morgan fingerprint density at radius 1 is 1.32 bits per heavy atom. The Balaban J connectivity index is 1.67. The molecular weight excluding hydrogens is 285 g/mol. The number of benzene rings is 1. The number of carbonyl (C=O) groups excluding carboxylic acids is 2. The van der Waals surface area contributed by atoms with Gasteiger partial charge in [-0.3, -0.25) is 4.79 Å². The molecule has 5 nitrogen and oxygen atoms in total. The topological polar surface area (TPSA) is 70.2 Å². The van der Waals surface area contributed by atoms with E-state index in [1.54, 1.807) is 18.2 Å². The summed E-state index contributed by atoms with van der Waals surface area (Å²) in [7, 11) is 0. The van der Waals surface area contributed by atoms with Crippen LogP contribution in [0.2, 0.25) is 0 Å². The molecular formula is C16H22FN3O2. The average Bonchev–Trinajstić information content (AvgIpc) is 2.70. The van der Waals surface area contributed by atoms with Gasteiger partial charge in [0.1, 0.15) is 11.9 Å². The molecule has 3 amide bonds. The maximum atomic E-state index is 13.4. The number of hydrogen-bond donors (Lipinski definition) is 3. The summed E-state index contributed by atoms with van der Waals surface area (Å²) in [6, 6.07) is 5.81. The Bertz CT molecular complexity index is 522. The third-order valence-corrected chi connectivity index (χ3v) is 3.71. The molecule has 0 saturated carbocycles. The lowest BCUT2D eigenvalue weighted by molar-refractivity contribution is -0.122. The van der Waals surface area contributed by atoms with Gasteiger partial charge in [-0.1, -0.05) is 18.2 Å². The molecule has 2 rings (SSSR count). The summed E-state index contributed by atoms with van der Waals surface area (Å²) < 4.78 is 13.4. The first-order valence-electron chi connectivity index (χ1n) is 7.72. The van der Waals surface area contributed by atoms with Crippen molar-refractivity contribution in [1.29, 1.82) is 0 Å².